The van der Waals surface area contributed by atoms with Crippen molar-refractivity contribution in [2.24, 2.45) is 0 Å². The Morgan fingerprint density at radius 3 is 2.63 bits per heavy atom. The van der Waals surface area contributed by atoms with Crippen LogP contribution in [0.4, 0.5) is 0 Å². The first kappa shape index (κ1) is 19.3. The zero-order valence-corrected chi connectivity index (χ0v) is 18.0. The number of hydrogen-bond donors (Lipinski definition) is 0. The number of methoxy groups -OCH3 is 2. The van der Waals surface area contributed by atoms with Crippen LogP contribution in [-0.4, -0.2) is 38.8 Å². The van der Waals surface area contributed by atoms with Crippen molar-refractivity contribution >= 4 is 0 Å². The zero-order chi connectivity index (χ0) is 20.7. The van der Waals surface area contributed by atoms with Crippen molar-refractivity contribution < 1.29 is 14.2 Å². The Morgan fingerprint density at radius 1 is 1.03 bits per heavy atom. The predicted octanol–water partition coefficient (Wildman–Crippen LogP) is 4.63. The van der Waals surface area contributed by atoms with Crippen molar-refractivity contribution in [2.75, 3.05) is 27.8 Å². The first-order valence-corrected chi connectivity index (χ1v) is 10.7. The number of piperidine rings is 1. The van der Waals surface area contributed by atoms with E-state index < -0.39 is 0 Å². The SMILES string of the molecule is COC1=CC=C2[C@@H]3Cc4ccc(OCc5ccccc5)c(OC)c4[C@]2(CCN3C)C1. The van der Waals surface area contributed by atoms with E-state index in [9.17, 15) is 0 Å². The molecule has 2 atom stereocenters. The highest BCUT2D eigenvalue weighted by atomic mass is 16.5. The Kier molecular flexibility index (Phi) is 4.82. The van der Waals surface area contributed by atoms with Gasteiger partial charge in [0.1, 0.15) is 6.61 Å². The summed E-state index contributed by atoms with van der Waals surface area (Å²) in [6.07, 6.45) is 7.38. The van der Waals surface area contributed by atoms with Gasteiger partial charge in [0.2, 0.25) is 0 Å². The lowest BCUT2D eigenvalue weighted by Crippen LogP contribution is -2.54. The fourth-order valence-corrected chi connectivity index (χ4v) is 5.55. The number of rotatable bonds is 5. The molecule has 30 heavy (non-hydrogen) atoms. The second kappa shape index (κ2) is 7.51. The van der Waals surface area contributed by atoms with E-state index in [2.05, 4.69) is 48.4 Å². The van der Waals surface area contributed by atoms with Gasteiger partial charge in [-0.1, -0.05) is 42.5 Å². The predicted molar refractivity (Wildman–Crippen MR) is 118 cm³/mol. The Hall–Kier alpha value is -2.72. The highest BCUT2D eigenvalue weighted by Crippen LogP contribution is 2.57. The third kappa shape index (κ3) is 2.93. The number of likely N-dealkylation sites (tertiary alicyclic amines) is 1. The molecule has 0 radical (unpaired) electrons. The highest BCUT2D eigenvalue weighted by molar-refractivity contribution is 5.63. The molecule has 3 aliphatic rings. The summed E-state index contributed by atoms with van der Waals surface area (Å²) >= 11 is 0. The topological polar surface area (TPSA) is 30.9 Å². The molecule has 4 heteroatoms. The molecule has 2 aromatic rings. The lowest BCUT2D eigenvalue weighted by atomic mass is 9.57. The molecular weight excluding hydrogens is 374 g/mol. The molecule has 0 unspecified atom stereocenters. The average molecular weight is 404 g/mol. The van der Waals surface area contributed by atoms with Gasteiger partial charge in [0.25, 0.3) is 0 Å². The number of hydrogen-bond acceptors (Lipinski definition) is 4. The normalized spacial score (nSPS) is 24.8. The molecule has 2 bridgehead atoms. The van der Waals surface area contributed by atoms with E-state index in [1.54, 1.807) is 14.2 Å². The monoisotopic (exact) mass is 403 g/mol. The molecule has 0 N–H and O–H groups in total. The molecule has 1 saturated heterocycles. The summed E-state index contributed by atoms with van der Waals surface area (Å²) in [5.41, 5.74) is 5.22. The van der Waals surface area contributed by atoms with Gasteiger partial charge in [0, 0.05) is 23.4 Å². The molecule has 156 valence electrons. The van der Waals surface area contributed by atoms with Crippen LogP contribution in [0.15, 0.2) is 65.9 Å². The summed E-state index contributed by atoms with van der Waals surface area (Å²) in [7, 11) is 5.78. The maximum atomic E-state index is 6.27. The fourth-order valence-electron chi connectivity index (χ4n) is 5.55. The van der Waals surface area contributed by atoms with Crippen LogP contribution in [-0.2, 0) is 23.2 Å². The third-order valence-corrected chi connectivity index (χ3v) is 7.06. The number of benzene rings is 2. The second-order valence-corrected chi connectivity index (χ2v) is 8.57. The summed E-state index contributed by atoms with van der Waals surface area (Å²) in [6.45, 7) is 1.59. The molecule has 0 aromatic heterocycles. The number of allylic oxidation sites excluding steroid dienone is 3. The van der Waals surface area contributed by atoms with E-state index in [0.717, 1.165) is 48.6 Å². The third-order valence-electron chi connectivity index (χ3n) is 7.06. The Labute approximate surface area is 178 Å². The summed E-state index contributed by atoms with van der Waals surface area (Å²) in [5, 5.41) is 0. The van der Waals surface area contributed by atoms with Gasteiger partial charge in [0.05, 0.1) is 20.0 Å². The van der Waals surface area contributed by atoms with Gasteiger partial charge in [-0.3, -0.25) is 4.90 Å². The molecule has 2 aliphatic carbocycles. The summed E-state index contributed by atoms with van der Waals surface area (Å²) < 4.78 is 18.0. The van der Waals surface area contributed by atoms with Crippen LogP contribution in [0.3, 0.4) is 0 Å². The van der Waals surface area contributed by atoms with Crippen molar-refractivity contribution in [3.63, 3.8) is 0 Å². The van der Waals surface area contributed by atoms with Crippen molar-refractivity contribution in [3.8, 4) is 11.5 Å². The van der Waals surface area contributed by atoms with E-state index in [-0.39, 0.29) is 5.41 Å². The average Bonchev–Trinajstić information content (AvgIpc) is 2.79. The molecule has 0 amide bonds. The molecule has 1 aliphatic heterocycles. The number of ether oxygens (including phenoxy) is 3. The van der Waals surface area contributed by atoms with Crippen molar-refractivity contribution in [3.05, 3.63) is 82.6 Å². The molecule has 1 fully saturated rings. The molecule has 1 heterocycles. The highest BCUT2D eigenvalue weighted by Gasteiger charge is 2.52. The first-order chi connectivity index (χ1) is 14.7. The van der Waals surface area contributed by atoms with Crippen LogP contribution < -0.4 is 9.47 Å². The number of nitrogens with zero attached hydrogens (tertiary/aromatic N) is 1. The minimum absolute atomic E-state index is 0.0810. The van der Waals surface area contributed by atoms with E-state index in [0.29, 0.717) is 12.6 Å². The van der Waals surface area contributed by atoms with Gasteiger partial charge in [-0.25, -0.2) is 0 Å². The van der Waals surface area contributed by atoms with Crippen molar-refractivity contribution in [1.29, 1.82) is 0 Å². The van der Waals surface area contributed by atoms with Gasteiger partial charge in [-0.2, -0.15) is 0 Å². The van der Waals surface area contributed by atoms with Crippen LogP contribution >= 0.6 is 0 Å². The van der Waals surface area contributed by atoms with Crippen molar-refractivity contribution in [2.45, 2.75) is 37.3 Å². The van der Waals surface area contributed by atoms with E-state index >= 15 is 0 Å². The minimum atomic E-state index is -0.0810. The van der Waals surface area contributed by atoms with E-state index in [4.69, 9.17) is 14.2 Å². The number of fused-ring (bicyclic) bond motifs is 1. The molecule has 0 spiro atoms. The quantitative estimate of drug-likeness (QED) is 0.728. The Bertz CT molecular complexity index is 1010. The lowest BCUT2D eigenvalue weighted by Gasteiger charge is -2.54. The van der Waals surface area contributed by atoms with E-state index in [1.165, 1.54) is 16.7 Å². The molecule has 5 rings (SSSR count). The van der Waals surface area contributed by atoms with Crippen molar-refractivity contribution in [1.82, 2.24) is 4.90 Å². The van der Waals surface area contributed by atoms with Gasteiger partial charge in [-0.15, -0.1) is 0 Å². The first-order valence-electron chi connectivity index (χ1n) is 10.7. The Morgan fingerprint density at radius 2 is 1.87 bits per heavy atom. The lowest BCUT2D eigenvalue weighted by molar-refractivity contribution is 0.146. The largest absolute Gasteiger partial charge is 0.501 e. The zero-order valence-electron chi connectivity index (χ0n) is 18.0. The maximum Gasteiger partial charge on any atom is 0.165 e. The van der Waals surface area contributed by atoms with Crippen LogP contribution in [0.2, 0.25) is 0 Å². The van der Waals surface area contributed by atoms with Crippen LogP contribution in [0.5, 0.6) is 11.5 Å². The van der Waals surface area contributed by atoms with Gasteiger partial charge >= 0.3 is 0 Å². The fraction of sp³-hybridized carbons (Fsp3) is 0.385. The molecule has 0 saturated carbocycles. The van der Waals surface area contributed by atoms with Gasteiger partial charge in [-0.05, 0) is 55.3 Å². The molecule has 4 nitrogen and oxygen atoms in total. The minimum Gasteiger partial charge on any atom is -0.501 e. The van der Waals surface area contributed by atoms with Crippen LogP contribution in [0, 0.1) is 0 Å². The standard InChI is InChI=1S/C26H29NO3/c1-27-14-13-26-16-20(28-2)10-11-21(26)22(27)15-19-9-12-23(25(29-3)24(19)26)30-17-18-7-5-4-6-8-18/h4-12,22H,13-17H2,1-3H3/t22-,26+/m0/s1. The van der Waals surface area contributed by atoms with E-state index in [1.807, 2.05) is 18.2 Å². The second-order valence-electron chi connectivity index (χ2n) is 8.57. The summed E-state index contributed by atoms with van der Waals surface area (Å²) in [4.78, 5) is 2.49. The summed E-state index contributed by atoms with van der Waals surface area (Å²) in [5.74, 6) is 2.74. The smallest absolute Gasteiger partial charge is 0.165 e. The maximum absolute atomic E-state index is 6.27. The summed E-state index contributed by atoms with van der Waals surface area (Å²) in [6, 6.07) is 15.0. The number of likely N-dealkylation sites (N-methyl/N-ethyl adjacent to an activating group) is 1. The molecular formula is C26H29NO3. The van der Waals surface area contributed by atoms with Crippen LogP contribution in [0.25, 0.3) is 0 Å². The van der Waals surface area contributed by atoms with Gasteiger partial charge in [0.15, 0.2) is 11.5 Å². The van der Waals surface area contributed by atoms with Crippen LogP contribution in [0.1, 0.15) is 29.5 Å². The molecule has 2 aromatic carbocycles. The Balaban J connectivity index is 1.60. The van der Waals surface area contributed by atoms with Gasteiger partial charge < -0.3 is 14.2 Å².